The Labute approximate surface area is 233 Å². The van der Waals surface area contributed by atoms with Crippen LogP contribution in [0.5, 0.6) is 0 Å². The number of nitrogens with zero attached hydrogens (tertiary/aromatic N) is 2. The molecule has 9 heteroatoms. The molecule has 3 aromatic carbocycles. The largest absolute Gasteiger partial charge is 0.352 e. The van der Waals surface area contributed by atoms with Crippen LogP contribution >= 0.6 is 15.9 Å². The van der Waals surface area contributed by atoms with E-state index in [-0.39, 0.29) is 29.9 Å². The molecule has 3 aromatic rings. The number of carbonyl (C=O) groups excluding carboxylic acids is 2. The Balaban J connectivity index is 1.53. The molecule has 0 radical (unpaired) electrons. The fraction of sp³-hybridized carbons (Fsp3) is 0.379. The first-order valence-corrected chi connectivity index (χ1v) is 15.2. The van der Waals surface area contributed by atoms with E-state index in [1.54, 1.807) is 25.1 Å². The molecular weight excluding hydrogens is 566 g/mol. The Bertz CT molecular complexity index is 1390. The first-order valence-electron chi connectivity index (χ1n) is 12.9. The van der Waals surface area contributed by atoms with Gasteiger partial charge in [-0.15, -0.1) is 0 Å². The topological polar surface area (TPSA) is 86.8 Å². The van der Waals surface area contributed by atoms with Gasteiger partial charge in [0.1, 0.15) is 6.04 Å². The standard InChI is InChI=1S/C29H34BrN3O4S/c1-21(29(35)31-26-10-4-3-5-11-26)33(19-22-12-15-25(30)16-13-22)28(34)20-32(2)38(36,37)27-17-14-23-8-6-7-9-24(23)18-27/h6-9,12-18,21,26H,3-5,10-11,19-20H2,1-2H3,(H,31,35). The maximum Gasteiger partial charge on any atom is 0.243 e. The molecule has 1 N–H and O–H groups in total. The first-order chi connectivity index (χ1) is 18.1. The molecule has 2 amide bonds. The second kappa shape index (κ2) is 12.4. The van der Waals surface area contributed by atoms with Crippen molar-refractivity contribution in [1.82, 2.24) is 14.5 Å². The van der Waals surface area contributed by atoms with Crippen LogP contribution in [-0.2, 0) is 26.2 Å². The molecule has 0 spiro atoms. The number of carbonyl (C=O) groups is 2. The van der Waals surface area contributed by atoms with Gasteiger partial charge in [0, 0.05) is 24.1 Å². The highest BCUT2D eigenvalue weighted by molar-refractivity contribution is 9.10. The van der Waals surface area contributed by atoms with E-state index in [0.717, 1.165) is 50.8 Å². The molecule has 202 valence electrons. The van der Waals surface area contributed by atoms with E-state index >= 15 is 0 Å². The third kappa shape index (κ3) is 6.81. The van der Waals surface area contributed by atoms with Gasteiger partial charge in [0.05, 0.1) is 11.4 Å². The minimum absolute atomic E-state index is 0.110. The predicted octanol–water partition coefficient (Wildman–Crippen LogP) is 5.09. The van der Waals surface area contributed by atoms with Gasteiger partial charge in [0.15, 0.2) is 0 Å². The van der Waals surface area contributed by atoms with Gasteiger partial charge in [0.25, 0.3) is 0 Å². The summed E-state index contributed by atoms with van der Waals surface area (Å²) >= 11 is 3.42. The predicted molar refractivity (Wildman–Crippen MR) is 153 cm³/mol. The van der Waals surface area contributed by atoms with Crippen molar-refractivity contribution in [1.29, 1.82) is 0 Å². The zero-order chi connectivity index (χ0) is 27.3. The zero-order valence-electron chi connectivity index (χ0n) is 21.8. The Morgan fingerprint density at radius 2 is 1.63 bits per heavy atom. The van der Waals surface area contributed by atoms with Crippen molar-refractivity contribution in [3.05, 3.63) is 76.8 Å². The molecule has 0 aromatic heterocycles. The summed E-state index contributed by atoms with van der Waals surface area (Å²) in [5.74, 6) is -0.659. The van der Waals surface area contributed by atoms with Crippen molar-refractivity contribution >= 4 is 48.5 Å². The number of nitrogens with one attached hydrogen (secondary N) is 1. The molecule has 38 heavy (non-hydrogen) atoms. The molecule has 1 unspecified atom stereocenters. The number of likely N-dealkylation sites (N-methyl/N-ethyl adjacent to an activating group) is 1. The molecule has 1 aliphatic rings. The summed E-state index contributed by atoms with van der Waals surface area (Å²) in [6.45, 7) is 1.51. The van der Waals surface area contributed by atoms with E-state index < -0.39 is 22.0 Å². The van der Waals surface area contributed by atoms with E-state index in [2.05, 4.69) is 21.2 Å². The molecule has 0 aliphatic heterocycles. The molecule has 7 nitrogen and oxygen atoms in total. The highest BCUT2D eigenvalue weighted by atomic mass is 79.9. The van der Waals surface area contributed by atoms with Gasteiger partial charge in [-0.1, -0.05) is 77.7 Å². The second-order valence-electron chi connectivity index (χ2n) is 9.94. The summed E-state index contributed by atoms with van der Waals surface area (Å²) in [6.07, 6.45) is 5.21. The maximum atomic E-state index is 13.6. The van der Waals surface area contributed by atoms with Crippen molar-refractivity contribution in [2.45, 2.75) is 62.6 Å². The first kappa shape index (κ1) is 28.3. The summed E-state index contributed by atoms with van der Waals surface area (Å²) in [7, 11) is -2.53. The fourth-order valence-electron chi connectivity index (χ4n) is 4.81. The maximum absolute atomic E-state index is 13.6. The number of amides is 2. The van der Waals surface area contributed by atoms with Gasteiger partial charge in [-0.05, 0) is 60.4 Å². The van der Waals surface area contributed by atoms with Gasteiger partial charge in [-0.3, -0.25) is 9.59 Å². The number of sulfonamides is 1. The lowest BCUT2D eigenvalue weighted by molar-refractivity contribution is -0.141. The average Bonchev–Trinajstić information content (AvgIpc) is 2.92. The third-order valence-corrected chi connectivity index (χ3v) is 9.50. The average molecular weight is 601 g/mol. The number of halogens is 1. The monoisotopic (exact) mass is 599 g/mol. The SMILES string of the molecule is CC(C(=O)NC1CCCCC1)N(Cc1ccc(Br)cc1)C(=O)CN(C)S(=O)(=O)c1ccc2ccccc2c1. The van der Waals surface area contributed by atoms with Gasteiger partial charge >= 0.3 is 0 Å². The van der Waals surface area contributed by atoms with E-state index in [1.807, 2.05) is 48.5 Å². The third-order valence-electron chi connectivity index (χ3n) is 7.17. The van der Waals surface area contributed by atoms with Gasteiger partial charge < -0.3 is 10.2 Å². The van der Waals surface area contributed by atoms with Crippen LogP contribution in [-0.4, -0.2) is 55.1 Å². The van der Waals surface area contributed by atoms with Crippen LogP contribution < -0.4 is 5.32 Å². The molecule has 1 atom stereocenters. The number of fused-ring (bicyclic) bond motifs is 1. The number of hydrogen-bond donors (Lipinski definition) is 1. The summed E-state index contributed by atoms with van der Waals surface area (Å²) in [5.41, 5.74) is 0.846. The Morgan fingerprint density at radius 1 is 0.974 bits per heavy atom. The van der Waals surface area contributed by atoms with Gasteiger partial charge in [-0.25, -0.2) is 8.42 Å². The minimum atomic E-state index is -3.93. The normalized spacial score (nSPS) is 15.4. The summed E-state index contributed by atoms with van der Waals surface area (Å²) < 4.78 is 28.7. The van der Waals surface area contributed by atoms with Crippen LogP contribution in [0.25, 0.3) is 10.8 Å². The van der Waals surface area contributed by atoms with Crippen LogP contribution in [0.1, 0.15) is 44.6 Å². The van der Waals surface area contributed by atoms with Crippen LogP contribution in [0.4, 0.5) is 0 Å². The number of hydrogen-bond acceptors (Lipinski definition) is 4. The lowest BCUT2D eigenvalue weighted by atomic mass is 9.95. The number of rotatable bonds is 9. The quantitative estimate of drug-likeness (QED) is 0.371. The van der Waals surface area contributed by atoms with Gasteiger partial charge in [-0.2, -0.15) is 4.31 Å². The van der Waals surface area contributed by atoms with Crippen molar-refractivity contribution in [3.63, 3.8) is 0 Å². The highest BCUT2D eigenvalue weighted by Gasteiger charge is 2.31. The van der Waals surface area contributed by atoms with E-state index in [9.17, 15) is 18.0 Å². The van der Waals surface area contributed by atoms with Crippen molar-refractivity contribution in [3.8, 4) is 0 Å². The van der Waals surface area contributed by atoms with Crippen molar-refractivity contribution < 1.29 is 18.0 Å². The minimum Gasteiger partial charge on any atom is -0.352 e. The molecule has 4 rings (SSSR count). The summed E-state index contributed by atoms with van der Waals surface area (Å²) in [5, 5.41) is 4.84. The van der Waals surface area contributed by atoms with Crippen LogP contribution in [0.15, 0.2) is 76.1 Å². The molecular formula is C29H34BrN3O4S. The van der Waals surface area contributed by atoms with Crippen LogP contribution in [0.3, 0.4) is 0 Å². The Morgan fingerprint density at radius 3 is 2.32 bits per heavy atom. The lowest BCUT2D eigenvalue weighted by Gasteiger charge is -2.32. The molecule has 0 heterocycles. The second-order valence-corrected chi connectivity index (χ2v) is 12.9. The van der Waals surface area contributed by atoms with Crippen molar-refractivity contribution in [2.75, 3.05) is 13.6 Å². The Kier molecular flexibility index (Phi) is 9.23. The lowest BCUT2D eigenvalue weighted by Crippen LogP contribution is -2.52. The van der Waals surface area contributed by atoms with Gasteiger partial charge in [0.2, 0.25) is 21.8 Å². The molecule has 0 bridgehead atoms. The van der Waals surface area contributed by atoms with E-state index in [4.69, 9.17) is 0 Å². The summed E-state index contributed by atoms with van der Waals surface area (Å²) in [6, 6.07) is 19.3. The molecule has 0 saturated heterocycles. The van der Waals surface area contributed by atoms with Crippen LogP contribution in [0, 0.1) is 0 Å². The van der Waals surface area contributed by atoms with E-state index in [1.165, 1.54) is 18.4 Å². The fourth-order valence-corrected chi connectivity index (χ4v) is 6.23. The smallest absolute Gasteiger partial charge is 0.243 e. The molecule has 1 aliphatic carbocycles. The van der Waals surface area contributed by atoms with Crippen molar-refractivity contribution in [2.24, 2.45) is 0 Å². The van der Waals surface area contributed by atoms with E-state index in [0.29, 0.717) is 0 Å². The van der Waals surface area contributed by atoms with Crippen LogP contribution in [0.2, 0.25) is 0 Å². The molecule has 1 fully saturated rings. The highest BCUT2D eigenvalue weighted by Crippen LogP contribution is 2.22. The number of benzene rings is 3. The Hall–Kier alpha value is -2.75. The zero-order valence-corrected chi connectivity index (χ0v) is 24.2. The summed E-state index contributed by atoms with van der Waals surface area (Å²) in [4.78, 5) is 28.4. The molecule has 1 saturated carbocycles.